The fraction of sp³-hybridized carbons (Fsp3) is 0.333. The van der Waals surface area contributed by atoms with Gasteiger partial charge in [0.25, 0.3) is 0 Å². The minimum Gasteiger partial charge on any atom is -0.377 e. The number of hydrogen-bond acceptors (Lipinski definition) is 2. The highest BCUT2D eigenvalue weighted by Crippen LogP contribution is 2.32. The molecule has 20 heavy (non-hydrogen) atoms. The first-order chi connectivity index (χ1) is 9.93. The molecule has 1 heterocycles. The molecule has 0 spiro atoms. The fourth-order valence-corrected chi connectivity index (χ4v) is 2.43. The van der Waals surface area contributed by atoms with Gasteiger partial charge in [-0.2, -0.15) is 0 Å². The van der Waals surface area contributed by atoms with E-state index in [9.17, 15) is 0 Å². The summed E-state index contributed by atoms with van der Waals surface area (Å²) in [6, 6.07) is 18.9. The highest BCUT2D eigenvalue weighted by Gasteiger charge is 2.26. The molecule has 0 radical (unpaired) electrons. The molecular weight excluding hydrogens is 248 g/mol. The first-order valence-electron chi connectivity index (χ1n) is 7.24. The largest absolute Gasteiger partial charge is 0.377 e. The minimum absolute atomic E-state index is 0.344. The third-order valence-electron chi connectivity index (χ3n) is 3.58. The molecule has 1 aliphatic rings. The van der Waals surface area contributed by atoms with Gasteiger partial charge < -0.3 is 9.47 Å². The summed E-state index contributed by atoms with van der Waals surface area (Å²) in [5.74, 6) is 0. The van der Waals surface area contributed by atoms with Crippen molar-refractivity contribution in [3.05, 3.63) is 71.3 Å². The van der Waals surface area contributed by atoms with Crippen LogP contribution in [0.25, 0.3) is 0 Å². The predicted octanol–water partition coefficient (Wildman–Crippen LogP) is 3.91. The molecule has 0 aliphatic carbocycles. The van der Waals surface area contributed by atoms with Crippen LogP contribution in [-0.2, 0) is 22.5 Å². The number of epoxide rings is 1. The van der Waals surface area contributed by atoms with Crippen molar-refractivity contribution in [1.82, 2.24) is 0 Å². The van der Waals surface area contributed by atoms with Gasteiger partial charge in [0.15, 0.2) is 0 Å². The van der Waals surface area contributed by atoms with E-state index in [-0.39, 0.29) is 0 Å². The average molecular weight is 268 g/mol. The second kappa shape index (κ2) is 6.69. The molecule has 0 aromatic heterocycles. The van der Waals surface area contributed by atoms with Gasteiger partial charge in [-0.3, -0.25) is 0 Å². The van der Waals surface area contributed by atoms with Crippen LogP contribution in [-0.4, -0.2) is 13.2 Å². The lowest BCUT2D eigenvalue weighted by Crippen LogP contribution is -1.99. The molecule has 1 atom stereocenters. The van der Waals surface area contributed by atoms with Crippen molar-refractivity contribution in [1.29, 1.82) is 0 Å². The Morgan fingerprint density at radius 3 is 2.55 bits per heavy atom. The van der Waals surface area contributed by atoms with Gasteiger partial charge in [0.2, 0.25) is 0 Å². The molecular formula is C18H20O2. The van der Waals surface area contributed by atoms with Crippen molar-refractivity contribution in [2.45, 2.75) is 25.6 Å². The molecule has 2 aromatic rings. The number of ether oxygens (including phenoxy) is 2. The van der Waals surface area contributed by atoms with Crippen molar-refractivity contribution in [3.63, 3.8) is 0 Å². The monoisotopic (exact) mass is 268 g/mol. The Morgan fingerprint density at radius 1 is 1.00 bits per heavy atom. The number of aryl methyl sites for hydroxylation is 1. The summed E-state index contributed by atoms with van der Waals surface area (Å²) < 4.78 is 11.1. The zero-order chi connectivity index (χ0) is 13.6. The Morgan fingerprint density at radius 2 is 1.75 bits per heavy atom. The van der Waals surface area contributed by atoms with E-state index in [1.807, 2.05) is 18.2 Å². The van der Waals surface area contributed by atoms with E-state index in [1.54, 1.807) is 0 Å². The summed E-state index contributed by atoms with van der Waals surface area (Å²) in [5, 5.41) is 0. The minimum atomic E-state index is 0.344. The van der Waals surface area contributed by atoms with E-state index < -0.39 is 0 Å². The van der Waals surface area contributed by atoms with Crippen molar-refractivity contribution in [2.75, 3.05) is 13.2 Å². The van der Waals surface area contributed by atoms with Gasteiger partial charge in [0.05, 0.1) is 13.2 Å². The summed E-state index contributed by atoms with van der Waals surface area (Å²) in [7, 11) is 0. The summed E-state index contributed by atoms with van der Waals surface area (Å²) >= 11 is 0. The Hall–Kier alpha value is -1.64. The molecule has 2 aromatic carbocycles. The van der Waals surface area contributed by atoms with E-state index in [2.05, 4.69) is 36.4 Å². The molecule has 2 heteroatoms. The van der Waals surface area contributed by atoms with Crippen LogP contribution in [0, 0.1) is 0 Å². The molecule has 0 amide bonds. The van der Waals surface area contributed by atoms with Crippen LogP contribution < -0.4 is 0 Å². The third-order valence-corrected chi connectivity index (χ3v) is 3.58. The highest BCUT2D eigenvalue weighted by molar-refractivity contribution is 5.31. The highest BCUT2D eigenvalue weighted by atomic mass is 16.6. The second-order valence-corrected chi connectivity index (χ2v) is 5.16. The Kier molecular flexibility index (Phi) is 4.46. The molecule has 1 unspecified atom stereocenters. The lowest BCUT2D eigenvalue weighted by Gasteiger charge is -2.08. The summed E-state index contributed by atoms with van der Waals surface area (Å²) in [5.41, 5.74) is 3.99. The quantitative estimate of drug-likeness (QED) is 0.561. The summed E-state index contributed by atoms with van der Waals surface area (Å²) in [6.07, 6.45) is 2.46. The molecule has 0 saturated carbocycles. The van der Waals surface area contributed by atoms with Crippen molar-refractivity contribution in [3.8, 4) is 0 Å². The van der Waals surface area contributed by atoms with Gasteiger partial charge >= 0.3 is 0 Å². The fourth-order valence-electron chi connectivity index (χ4n) is 2.43. The van der Waals surface area contributed by atoms with Gasteiger partial charge in [-0.05, 0) is 29.5 Å². The van der Waals surface area contributed by atoms with E-state index in [4.69, 9.17) is 9.47 Å². The zero-order valence-corrected chi connectivity index (χ0v) is 11.6. The lowest BCUT2D eigenvalue weighted by molar-refractivity contribution is 0.118. The SMILES string of the molecule is c1ccc(COCCCc2ccccc2C2CO2)cc1. The van der Waals surface area contributed by atoms with Crippen LogP contribution in [0.3, 0.4) is 0 Å². The predicted molar refractivity (Wildman–Crippen MR) is 79.6 cm³/mol. The van der Waals surface area contributed by atoms with Crippen molar-refractivity contribution < 1.29 is 9.47 Å². The standard InChI is InChI=1S/C18H20O2/c1-2-7-15(8-3-1)13-19-12-6-10-16-9-4-5-11-17(16)18-14-20-18/h1-5,7-9,11,18H,6,10,12-14H2. The summed E-state index contributed by atoms with van der Waals surface area (Å²) in [6.45, 7) is 2.38. The molecule has 1 aliphatic heterocycles. The van der Waals surface area contributed by atoms with Gasteiger partial charge in [-0.25, -0.2) is 0 Å². The Balaban J connectivity index is 1.42. The van der Waals surface area contributed by atoms with Gasteiger partial charge in [-0.1, -0.05) is 54.6 Å². The number of rotatable bonds is 7. The van der Waals surface area contributed by atoms with Gasteiger partial charge in [-0.15, -0.1) is 0 Å². The van der Waals surface area contributed by atoms with Crippen LogP contribution in [0.2, 0.25) is 0 Å². The van der Waals surface area contributed by atoms with Crippen LogP contribution in [0.15, 0.2) is 54.6 Å². The maximum absolute atomic E-state index is 5.73. The Bertz CT molecular complexity index is 532. The van der Waals surface area contributed by atoms with Gasteiger partial charge in [0, 0.05) is 6.61 Å². The van der Waals surface area contributed by atoms with E-state index >= 15 is 0 Å². The topological polar surface area (TPSA) is 21.8 Å². The molecule has 1 saturated heterocycles. The Labute approximate surface area is 120 Å². The lowest BCUT2D eigenvalue weighted by atomic mass is 10.0. The molecule has 0 N–H and O–H groups in total. The number of benzene rings is 2. The van der Waals surface area contributed by atoms with Crippen LogP contribution in [0.1, 0.15) is 29.2 Å². The molecule has 1 fully saturated rings. The van der Waals surface area contributed by atoms with Crippen LogP contribution in [0.4, 0.5) is 0 Å². The first-order valence-corrected chi connectivity index (χ1v) is 7.24. The van der Waals surface area contributed by atoms with Gasteiger partial charge in [0.1, 0.15) is 6.10 Å². The van der Waals surface area contributed by atoms with Crippen LogP contribution >= 0.6 is 0 Å². The number of hydrogen-bond donors (Lipinski definition) is 0. The van der Waals surface area contributed by atoms with Crippen molar-refractivity contribution >= 4 is 0 Å². The second-order valence-electron chi connectivity index (χ2n) is 5.16. The zero-order valence-electron chi connectivity index (χ0n) is 11.6. The van der Waals surface area contributed by atoms with E-state index in [0.717, 1.165) is 26.1 Å². The summed E-state index contributed by atoms with van der Waals surface area (Å²) in [4.78, 5) is 0. The van der Waals surface area contributed by atoms with E-state index in [1.165, 1.54) is 16.7 Å². The van der Waals surface area contributed by atoms with E-state index in [0.29, 0.717) is 12.7 Å². The maximum Gasteiger partial charge on any atom is 0.106 e. The third kappa shape index (κ3) is 3.69. The van der Waals surface area contributed by atoms with Crippen molar-refractivity contribution in [2.24, 2.45) is 0 Å². The molecule has 3 rings (SSSR count). The molecule has 2 nitrogen and oxygen atoms in total. The molecule has 104 valence electrons. The molecule has 0 bridgehead atoms. The average Bonchev–Trinajstić information content (AvgIpc) is 3.33. The smallest absolute Gasteiger partial charge is 0.106 e. The maximum atomic E-state index is 5.73. The normalized spacial score (nSPS) is 17.1. The first kappa shape index (κ1) is 13.3. The van der Waals surface area contributed by atoms with Crippen LogP contribution in [0.5, 0.6) is 0 Å².